The van der Waals surface area contributed by atoms with E-state index >= 15 is 0 Å². The lowest BCUT2D eigenvalue weighted by molar-refractivity contribution is -0.153. The summed E-state index contributed by atoms with van der Waals surface area (Å²) in [6.45, 7) is 9.67. The van der Waals surface area contributed by atoms with Crippen LogP contribution in [-0.2, 0) is 9.53 Å². The minimum absolute atomic E-state index is 0.150. The molecule has 0 N–H and O–H groups in total. The molecule has 82 valence electrons. The highest BCUT2D eigenvalue weighted by atomic mass is 32.2. The van der Waals surface area contributed by atoms with Gasteiger partial charge in [0.15, 0.2) is 0 Å². The molecule has 2 nitrogen and oxygen atoms in total. The van der Waals surface area contributed by atoms with Crippen LogP contribution in [0.3, 0.4) is 0 Å². The fourth-order valence-corrected chi connectivity index (χ4v) is 1.95. The molecule has 0 aliphatic heterocycles. The van der Waals surface area contributed by atoms with Gasteiger partial charge in [-0.2, -0.15) is 11.8 Å². The van der Waals surface area contributed by atoms with Gasteiger partial charge in [0.1, 0.15) is 5.60 Å². The molecule has 0 saturated carbocycles. The number of carbonyl (C=O) groups is 1. The summed E-state index contributed by atoms with van der Waals surface area (Å²) in [4.78, 5) is 11.2. The summed E-state index contributed by atoms with van der Waals surface area (Å²) in [5.74, 6) is 1.68. The normalized spacial score (nSPS) is 14.5. The van der Waals surface area contributed by atoms with Gasteiger partial charge in [-0.05, 0) is 18.2 Å². The van der Waals surface area contributed by atoms with Crippen LogP contribution in [0.1, 0.15) is 33.6 Å². The molecule has 0 aromatic rings. The summed E-state index contributed by atoms with van der Waals surface area (Å²) in [6, 6.07) is 0. The van der Waals surface area contributed by atoms with Crippen molar-refractivity contribution >= 4 is 17.7 Å². The SMILES string of the molecule is C=CC(CC)(CSCC)OC(=O)CC. The maximum atomic E-state index is 11.2. The highest BCUT2D eigenvalue weighted by molar-refractivity contribution is 7.99. The van der Waals surface area contributed by atoms with Gasteiger partial charge in [0, 0.05) is 12.2 Å². The second-order valence-corrected chi connectivity index (χ2v) is 4.36. The van der Waals surface area contributed by atoms with Gasteiger partial charge in [-0.1, -0.05) is 27.4 Å². The van der Waals surface area contributed by atoms with E-state index in [2.05, 4.69) is 13.5 Å². The third-order valence-corrected chi connectivity index (χ3v) is 3.23. The van der Waals surface area contributed by atoms with Crippen LogP contribution in [0.4, 0.5) is 0 Å². The Morgan fingerprint density at radius 2 is 2.14 bits per heavy atom. The van der Waals surface area contributed by atoms with Gasteiger partial charge in [0.2, 0.25) is 0 Å². The van der Waals surface area contributed by atoms with E-state index in [-0.39, 0.29) is 5.97 Å². The van der Waals surface area contributed by atoms with Crippen LogP contribution < -0.4 is 0 Å². The van der Waals surface area contributed by atoms with Gasteiger partial charge in [-0.25, -0.2) is 0 Å². The maximum Gasteiger partial charge on any atom is 0.306 e. The highest BCUT2D eigenvalue weighted by Gasteiger charge is 2.28. The number of esters is 1. The van der Waals surface area contributed by atoms with Crippen molar-refractivity contribution in [3.8, 4) is 0 Å². The number of rotatable bonds is 7. The molecule has 0 bridgehead atoms. The van der Waals surface area contributed by atoms with Gasteiger partial charge in [0.25, 0.3) is 0 Å². The van der Waals surface area contributed by atoms with Crippen molar-refractivity contribution in [2.45, 2.75) is 39.2 Å². The molecule has 0 radical (unpaired) electrons. The Bertz CT molecular complexity index is 192. The number of carbonyl (C=O) groups excluding carboxylic acids is 1. The largest absolute Gasteiger partial charge is 0.454 e. The van der Waals surface area contributed by atoms with Gasteiger partial charge < -0.3 is 4.74 Å². The highest BCUT2D eigenvalue weighted by Crippen LogP contribution is 2.23. The second kappa shape index (κ2) is 6.93. The first kappa shape index (κ1) is 13.6. The molecule has 1 unspecified atom stereocenters. The van der Waals surface area contributed by atoms with E-state index in [0.717, 1.165) is 17.9 Å². The quantitative estimate of drug-likeness (QED) is 0.483. The van der Waals surface area contributed by atoms with E-state index in [4.69, 9.17) is 4.74 Å². The predicted octanol–water partition coefficient (Wildman–Crippen LogP) is 3.03. The Morgan fingerprint density at radius 1 is 1.50 bits per heavy atom. The van der Waals surface area contributed by atoms with Crippen LogP contribution in [0.15, 0.2) is 12.7 Å². The van der Waals surface area contributed by atoms with Gasteiger partial charge in [-0.3, -0.25) is 4.79 Å². The van der Waals surface area contributed by atoms with Crippen LogP contribution >= 0.6 is 11.8 Å². The average molecular weight is 216 g/mol. The van der Waals surface area contributed by atoms with Gasteiger partial charge in [0.05, 0.1) is 0 Å². The average Bonchev–Trinajstić information content (AvgIpc) is 2.24. The smallest absolute Gasteiger partial charge is 0.306 e. The molecule has 0 heterocycles. The van der Waals surface area contributed by atoms with Crippen LogP contribution in [-0.4, -0.2) is 23.1 Å². The molecule has 0 saturated heterocycles. The van der Waals surface area contributed by atoms with Gasteiger partial charge >= 0.3 is 5.97 Å². The molecule has 0 aromatic carbocycles. The van der Waals surface area contributed by atoms with Gasteiger partial charge in [-0.15, -0.1) is 0 Å². The van der Waals surface area contributed by atoms with E-state index in [9.17, 15) is 4.79 Å². The Kier molecular flexibility index (Phi) is 6.71. The zero-order chi connectivity index (χ0) is 11.0. The summed E-state index contributed by atoms with van der Waals surface area (Å²) < 4.78 is 5.41. The molecule has 0 aromatic heterocycles. The number of hydrogen-bond acceptors (Lipinski definition) is 3. The van der Waals surface area contributed by atoms with Crippen LogP contribution in [0.5, 0.6) is 0 Å². The lowest BCUT2D eigenvalue weighted by atomic mass is 10.0. The Balaban J connectivity index is 4.35. The monoisotopic (exact) mass is 216 g/mol. The molecule has 0 rings (SSSR count). The van der Waals surface area contributed by atoms with E-state index in [1.54, 1.807) is 24.8 Å². The fourth-order valence-electron chi connectivity index (χ4n) is 1.02. The van der Waals surface area contributed by atoms with E-state index in [0.29, 0.717) is 6.42 Å². The number of ether oxygens (including phenoxy) is 1. The summed E-state index contributed by atoms with van der Waals surface area (Å²) in [5, 5.41) is 0. The molecular weight excluding hydrogens is 196 g/mol. The topological polar surface area (TPSA) is 26.3 Å². The molecule has 0 fully saturated rings. The first-order valence-corrected chi connectivity index (χ1v) is 6.22. The van der Waals surface area contributed by atoms with Crippen molar-refractivity contribution in [1.29, 1.82) is 0 Å². The Hall–Kier alpha value is -0.440. The summed E-state index contributed by atoms with van der Waals surface area (Å²) in [6.07, 6.45) is 2.96. The lowest BCUT2D eigenvalue weighted by Gasteiger charge is -2.28. The molecule has 0 spiro atoms. The zero-order valence-corrected chi connectivity index (χ0v) is 10.2. The van der Waals surface area contributed by atoms with Crippen molar-refractivity contribution in [2.75, 3.05) is 11.5 Å². The first-order chi connectivity index (χ1) is 6.64. The summed E-state index contributed by atoms with van der Waals surface area (Å²) in [7, 11) is 0. The van der Waals surface area contributed by atoms with Crippen molar-refractivity contribution in [1.82, 2.24) is 0 Å². The molecule has 1 atom stereocenters. The fraction of sp³-hybridized carbons (Fsp3) is 0.727. The lowest BCUT2D eigenvalue weighted by Crippen LogP contribution is -2.34. The maximum absolute atomic E-state index is 11.2. The van der Waals surface area contributed by atoms with Crippen LogP contribution in [0.2, 0.25) is 0 Å². The van der Waals surface area contributed by atoms with Crippen LogP contribution in [0.25, 0.3) is 0 Å². The number of thioether (sulfide) groups is 1. The third-order valence-electron chi connectivity index (χ3n) is 2.13. The van der Waals surface area contributed by atoms with E-state index < -0.39 is 5.60 Å². The second-order valence-electron chi connectivity index (χ2n) is 3.09. The molecule has 0 amide bonds. The molecule has 0 aliphatic rings. The third kappa shape index (κ3) is 4.18. The first-order valence-electron chi connectivity index (χ1n) is 5.07. The molecule has 0 aliphatic carbocycles. The Labute approximate surface area is 91.1 Å². The summed E-state index contributed by atoms with van der Waals surface area (Å²) in [5.41, 5.74) is -0.465. The zero-order valence-electron chi connectivity index (χ0n) is 9.34. The number of hydrogen-bond donors (Lipinski definition) is 0. The Morgan fingerprint density at radius 3 is 2.50 bits per heavy atom. The van der Waals surface area contributed by atoms with E-state index in [1.807, 2.05) is 6.92 Å². The molecular formula is C11H20O2S. The molecule has 3 heteroatoms. The minimum atomic E-state index is -0.465. The van der Waals surface area contributed by atoms with Crippen molar-refractivity contribution in [2.24, 2.45) is 0 Å². The molecule has 14 heavy (non-hydrogen) atoms. The van der Waals surface area contributed by atoms with Crippen LogP contribution in [0, 0.1) is 0 Å². The summed E-state index contributed by atoms with van der Waals surface area (Å²) >= 11 is 1.77. The predicted molar refractivity (Wildman–Crippen MR) is 62.6 cm³/mol. The standard InChI is InChI=1S/C11H20O2S/c1-5-10(12)13-11(6-2,7-3)9-14-8-4/h6H,2,5,7-9H2,1,3-4H3. The minimum Gasteiger partial charge on any atom is -0.454 e. The van der Waals surface area contributed by atoms with Crippen molar-refractivity contribution < 1.29 is 9.53 Å². The van der Waals surface area contributed by atoms with Crippen molar-refractivity contribution in [3.05, 3.63) is 12.7 Å². The van der Waals surface area contributed by atoms with Crippen molar-refractivity contribution in [3.63, 3.8) is 0 Å². The van der Waals surface area contributed by atoms with E-state index in [1.165, 1.54) is 0 Å².